The van der Waals surface area contributed by atoms with E-state index in [4.69, 9.17) is 23.2 Å². The summed E-state index contributed by atoms with van der Waals surface area (Å²) in [4.78, 5) is 12.7. The molecule has 8 heteroatoms. The molecule has 0 bridgehead atoms. The zero-order chi connectivity index (χ0) is 18.0. The van der Waals surface area contributed by atoms with E-state index in [1.807, 2.05) is 0 Å². The largest absolute Gasteiger partial charge is 0.325 e. The van der Waals surface area contributed by atoms with Gasteiger partial charge in [0.25, 0.3) is 0 Å². The summed E-state index contributed by atoms with van der Waals surface area (Å²) in [7, 11) is -3.76. The first-order valence-electron chi connectivity index (χ1n) is 7.72. The summed E-state index contributed by atoms with van der Waals surface area (Å²) in [5.74, 6) is -0.350. The van der Waals surface area contributed by atoms with Crippen LogP contribution in [0, 0.1) is 0 Å². The molecule has 0 aliphatic carbocycles. The number of carbonyl (C=O) groups is 1. The van der Waals surface area contributed by atoms with Crippen molar-refractivity contribution < 1.29 is 13.2 Å². The topological polar surface area (TPSA) is 66.5 Å². The van der Waals surface area contributed by atoms with E-state index >= 15 is 0 Å². The van der Waals surface area contributed by atoms with Gasteiger partial charge in [0.15, 0.2) is 0 Å². The van der Waals surface area contributed by atoms with Gasteiger partial charge < -0.3 is 5.32 Å². The molecule has 5 nitrogen and oxygen atoms in total. The summed E-state index contributed by atoms with van der Waals surface area (Å²) in [5, 5.41) is 3.77. The Labute approximate surface area is 156 Å². The van der Waals surface area contributed by atoms with Crippen LogP contribution in [0.3, 0.4) is 0 Å². The van der Waals surface area contributed by atoms with Crippen molar-refractivity contribution in [3.8, 4) is 0 Å². The second kappa shape index (κ2) is 7.33. The van der Waals surface area contributed by atoms with E-state index in [1.165, 1.54) is 28.6 Å². The average molecular weight is 399 g/mol. The first-order chi connectivity index (χ1) is 11.9. The molecular formula is C17H16Cl2N2O3S. The maximum absolute atomic E-state index is 12.8. The fourth-order valence-electron chi connectivity index (χ4n) is 2.79. The molecule has 1 atom stereocenters. The summed E-state index contributed by atoms with van der Waals surface area (Å²) >= 11 is 11.6. The number of sulfonamides is 1. The lowest BCUT2D eigenvalue weighted by Gasteiger charge is -2.23. The number of hydrogen-bond acceptors (Lipinski definition) is 3. The Balaban J connectivity index is 1.80. The molecule has 25 heavy (non-hydrogen) atoms. The van der Waals surface area contributed by atoms with E-state index in [9.17, 15) is 13.2 Å². The van der Waals surface area contributed by atoms with Crippen molar-refractivity contribution in [2.45, 2.75) is 23.8 Å². The van der Waals surface area contributed by atoms with Gasteiger partial charge in [-0.25, -0.2) is 8.42 Å². The summed E-state index contributed by atoms with van der Waals surface area (Å²) < 4.78 is 26.9. The molecule has 1 heterocycles. The molecule has 0 radical (unpaired) electrons. The molecule has 2 aromatic rings. The van der Waals surface area contributed by atoms with Crippen LogP contribution < -0.4 is 5.32 Å². The SMILES string of the molecule is O=C(Nc1ccc(Cl)cc1)C1CCCN1S(=O)(=O)c1ccc(Cl)cc1. The van der Waals surface area contributed by atoms with Gasteiger partial charge in [0.2, 0.25) is 15.9 Å². The van der Waals surface area contributed by atoms with E-state index < -0.39 is 16.1 Å². The van der Waals surface area contributed by atoms with Crippen LogP contribution in [0.25, 0.3) is 0 Å². The quantitative estimate of drug-likeness (QED) is 0.851. The summed E-state index contributed by atoms with van der Waals surface area (Å²) in [5.41, 5.74) is 0.574. The number of amides is 1. The zero-order valence-corrected chi connectivity index (χ0v) is 15.5. The standard InChI is InChI=1S/C17H16Cl2N2O3S/c18-12-3-7-14(8-4-12)20-17(22)16-2-1-11-21(16)25(23,24)15-9-5-13(19)6-10-15/h3-10,16H,1-2,11H2,(H,20,22). The average Bonchev–Trinajstić information content (AvgIpc) is 3.08. The van der Waals surface area contributed by atoms with Crippen molar-refractivity contribution in [3.05, 3.63) is 58.6 Å². The van der Waals surface area contributed by atoms with Crippen LogP contribution in [0.2, 0.25) is 10.0 Å². The van der Waals surface area contributed by atoms with Crippen molar-refractivity contribution in [1.82, 2.24) is 4.31 Å². The molecule has 0 spiro atoms. The third-order valence-electron chi connectivity index (χ3n) is 4.04. The van der Waals surface area contributed by atoms with E-state index in [0.29, 0.717) is 35.1 Å². The third-order valence-corrected chi connectivity index (χ3v) is 6.46. The normalized spacial score (nSPS) is 18.2. The Kier molecular flexibility index (Phi) is 5.34. The molecule has 1 fully saturated rings. The number of nitrogens with one attached hydrogen (secondary N) is 1. The van der Waals surface area contributed by atoms with Crippen molar-refractivity contribution in [2.24, 2.45) is 0 Å². The van der Waals surface area contributed by atoms with Crippen molar-refractivity contribution >= 4 is 44.8 Å². The predicted octanol–water partition coefficient (Wildman–Crippen LogP) is 3.79. The Hall–Kier alpha value is -1.60. The molecule has 1 unspecified atom stereocenters. The fourth-order valence-corrected chi connectivity index (χ4v) is 4.70. The molecule has 132 valence electrons. The lowest BCUT2D eigenvalue weighted by atomic mass is 10.2. The minimum Gasteiger partial charge on any atom is -0.325 e. The lowest BCUT2D eigenvalue weighted by Crippen LogP contribution is -2.43. The van der Waals surface area contributed by atoms with E-state index in [0.717, 1.165) is 0 Å². The van der Waals surface area contributed by atoms with Gasteiger partial charge in [-0.15, -0.1) is 0 Å². The highest BCUT2D eigenvalue weighted by molar-refractivity contribution is 7.89. The predicted molar refractivity (Wildman–Crippen MR) is 98.4 cm³/mol. The smallest absolute Gasteiger partial charge is 0.243 e. The Morgan fingerprint density at radius 3 is 2.16 bits per heavy atom. The van der Waals surface area contributed by atoms with Gasteiger partial charge in [-0.3, -0.25) is 4.79 Å². The van der Waals surface area contributed by atoms with Crippen LogP contribution in [-0.4, -0.2) is 31.2 Å². The molecule has 1 N–H and O–H groups in total. The molecule has 1 amide bonds. The summed E-state index contributed by atoms with van der Waals surface area (Å²) in [6.45, 7) is 0.309. The maximum atomic E-state index is 12.8. The van der Waals surface area contributed by atoms with Crippen LogP contribution in [0.1, 0.15) is 12.8 Å². The summed E-state index contributed by atoms with van der Waals surface area (Å²) in [6.07, 6.45) is 1.11. The van der Waals surface area contributed by atoms with Gasteiger partial charge in [-0.1, -0.05) is 23.2 Å². The minimum atomic E-state index is -3.76. The third kappa shape index (κ3) is 3.98. The lowest BCUT2D eigenvalue weighted by molar-refractivity contribution is -0.119. The number of benzene rings is 2. The number of halogens is 2. The Morgan fingerprint density at radius 1 is 1.00 bits per heavy atom. The maximum Gasteiger partial charge on any atom is 0.243 e. The van der Waals surface area contributed by atoms with Gasteiger partial charge in [-0.05, 0) is 61.4 Å². The van der Waals surface area contributed by atoms with Crippen molar-refractivity contribution in [3.63, 3.8) is 0 Å². The second-order valence-electron chi connectivity index (χ2n) is 5.72. The van der Waals surface area contributed by atoms with Crippen LogP contribution in [0.4, 0.5) is 5.69 Å². The second-order valence-corrected chi connectivity index (χ2v) is 8.49. The van der Waals surface area contributed by atoms with Crippen LogP contribution in [0.5, 0.6) is 0 Å². The van der Waals surface area contributed by atoms with Crippen LogP contribution >= 0.6 is 23.2 Å². The summed E-state index contributed by atoms with van der Waals surface area (Å²) in [6, 6.07) is 11.9. The van der Waals surface area contributed by atoms with Crippen LogP contribution in [0.15, 0.2) is 53.4 Å². The molecule has 2 aromatic carbocycles. The van der Waals surface area contributed by atoms with Gasteiger partial charge in [0, 0.05) is 22.3 Å². The fraction of sp³-hybridized carbons (Fsp3) is 0.235. The monoisotopic (exact) mass is 398 g/mol. The molecule has 1 aliphatic rings. The highest BCUT2D eigenvalue weighted by Crippen LogP contribution is 2.28. The number of nitrogens with zero attached hydrogens (tertiary/aromatic N) is 1. The highest BCUT2D eigenvalue weighted by atomic mass is 35.5. The first-order valence-corrected chi connectivity index (χ1v) is 9.91. The van der Waals surface area contributed by atoms with Crippen molar-refractivity contribution in [2.75, 3.05) is 11.9 Å². The van der Waals surface area contributed by atoms with E-state index in [1.54, 1.807) is 24.3 Å². The number of carbonyl (C=O) groups excluding carboxylic acids is 1. The van der Waals surface area contributed by atoms with Gasteiger partial charge in [0.05, 0.1) is 4.90 Å². The number of rotatable bonds is 4. The van der Waals surface area contributed by atoms with Gasteiger partial charge in [-0.2, -0.15) is 4.31 Å². The first kappa shape index (κ1) is 18.2. The van der Waals surface area contributed by atoms with E-state index in [2.05, 4.69) is 5.32 Å². The number of hydrogen-bond donors (Lipinski definition) is 1. The number of anilines is 1. The van der Waals surface area contributed by atoms with Crippen LogP contribution in [-0.2, 0) is 14.8 Å². The highest BCUT2D eigenvalue weighted by Gasteiger charge is 2.39. The Morgan fingerprint density at radius 2 is 1.56 bits per heavy atom. The molecule has 1 saturated heterocycles. The van der Waals surface area contributed by atoms with Gasteiger partial charge >= 0.3 is 0 Å². The van der Waals surface area contributed by atoms with E-state index in [-0.39, 0.29) is 10.8 Å². The molecule has 3 rings (SSSR count). The molecule has 0 aromatic heterocycles. The minimum absolute atomic E-state index is 0.128. The zero-order valence-electron chi connectivity index (χ0n) is 13.2. The van der Waals surface area contributed by atoms with Crippen molar-refractivity contribution in [1.29, 1.82) is 0 Å². The molecule has 1 aliphatic heterocycles. The van der Waals surface area contributed by atoms with Gasteiger partial charge in [0.1, 0.15) is 6.04 Å². The Bertz CT molecular complexity index is 868. The molecular weight excluding hydrogens is 383 g/mol. The molecule has 0 saturated carbocycles.